The molecule has 0 aliphatic carbocycles. The highest BCUT2D eigenvalue weighted by Crippen LogP contribution is 1.99. The van der Waals surface area contributed by atoms with Crippen LogP contribution in [0.15, 0.2) is 24.9 Å². The molecule has 1 rings (SSSR count). The molecule has 0 bridgehead atoms. The molecule has 0 spiro atoms. The molecular formula is C9H11N3. The molecule has 62 valence electrons. The Morgan fingerprint density at radius 3 is 3.00 bits per heavy atom. The molecule has 0 aliphatic rings. The Bertz CT molecular complexity index is 320. The Morgan fingerprint density at radius 2 is 2.50 bits per heavy atom. The van der Waals surface area contributed by atoms with Crippen LogP contribution in [0.5, 0.6) is 0 Å². The molecule has 0 aromatic carbocycles. The van der Waals surface area contributed by atoms with Gasteiger partial charge in [0.15, 0.2) is 5.82 Å². The number of hydrogen-bond acceptors (Lipinski definition) is 2. The highest BCUT2D eigenvalue weighted by Gasteiger charge is 2.00. The minimum Gasteiger partial charge on any atom is -0.337 e. The lowest BCUT2D eigenvalue weighted by Crippen LogP contribution is -1.96. The molecular weight excluding hydrogens is 150 g/mol. The second-order valence-electron chi connectivity index (χ2n) is 2.30. The van der Waals surface area contributed by atoms with Crippen LogP contribution >= 0.6 is 0 Å². The van der Waals surface area contributed by atoms with Crippen molar-refractivity contribution in [3.8, 4) is 0 Å². The summed E-state index contributed by atoms with van der Waals surface area (Å²) >= 11 is 0. The van der Waals surface area contributed by atoms with Gasteiger partial charge < -0.3 is 4.98 Å². The molecule has 0 unspecified atom stereocenters. The number of nitrogens with one attached hydrogen (secondary N) is 2. The van der Waals surface area contributed by atoms with Crippen molar-refractivity contribution in [3.05, 3.63) is 36.4 Å². The van der Waals surface area contributed by atoms with Gasteiger partial charge in [-0.05, 0) is 19.1 Å². The third-order valence-corrected chi connectivity index (χ3v) is 1.40. The lowest BCUT2D eigenvalue weighted by atomic mass is 10.3. The van der Waals surface area contributed by atoms with Gasteiger partial charge in [0.25, 0.3) is 0 Å². The van der Waals surface area contributed by atoms with E-state index in [2.05, 4.69) is 16.5 Å². The van der Waals surface area contributed by atoms with E-state index < -0.39 is 0 Å². The van der Waals surface area contributed by atoms with Crippen LogP contribution < -0.4 is 0 Å². The summed E-state index contributed by atoms with van der Waals surface area (Å²) in [5.41, 5.74) is 1.21. The number of aromatic amines is 1. The molecule has 0 radical (unpaired) electrons. The molecule has 0 atom stereocenters. The van der Waals surface area contributed by atoms with Crippen LogP contribution in [0.2, 0.25) is 0 Å². The molecule has 0 saturated heterocycles. The van der Waals surface area contributed by atoms with E-state index in [9.17, 15) is 0 Å². The Labute approximate surface area is 71.4 Å². The van der Waals surface area contributed by atoms with E-state index in [1.54, 1.807) is 24.4 Å². The summed E-state index contributed by atoms with van der Waals surface area (Å²) in [4.78, 5) is 6.95. The van der Waals surface area contributed by atoms with Crippen molar-refractivity contribution < 1.29 is 0 Å². The van der Waals surface area contributed by atoms with Gasteiger partial charge in [-0.2, -0.15) is 0 Å². The van der Waals surface area contributed by atoms with Crippen LogP contribution in [-0.2, 0) is 0 Å². The fourth-order valence-corrected chi connectivity index (χ4v) is 0.822. The smallest absolute Gasteiger partial charge is 0.155 e. The summed E-state index contributed by atoms with van der Waals surface area (Å²) in [6.45, 7) is 5.46. The molecule has 3 nitrogen and oxygen atoms in total. The van der Waals surface area contributed by atoms with Gasteiger partial charge in [-0.15, -0.1) is 0 Å². The van der Waals surface area contributed by atoms with Crippen molar-refractivity contribution in [1.82, 2.24) is 9.97 Å². The van der Waals surface area contributed by atoms with Crippen molar-refractivity contribution >= 4 is 11.8 Å². The van der Waals surface area contributed by atoms with Gasteiger partial charge in [-0.1, -0.05) is 12.7 Å². The van der Waals surface area contributed by atoms with Gasteiger partial charge in [0.05, 0.1) is 17.6 Å². The first kappa shape index (κ1) is 8.46. The standard InChI is InChI=1S/C9H11N3/c1-3-5-8(10)9-11-6-7(4-2)12-9/h3-6,10H,2H2,1H3,(H,11,12)/b5-3-,10-8?. The third kappa shape index (κ3) is 1.69. The molecule has 0 amide bonds. The van der Waals surface area contributed by atoms with E-state index in [0.29, 0.717) is 11.5 Å². The quantitative estimate of drug-likeness (QED) is 0.654. The topological polar surface area (TPSA) is 52.5 Å². The lowest BCUT2D eigenvalue weighted by Gasteiger charge is -1.89. The fourth-order valence-electron chi connectivity index (χ4n) is 0.822. The Balaban J connectivity index is 2.88. The average Bonchev–Trinajstić information content (AvgIpc) is 2.52. The Hall–Kier alpha value is -1.64. The first-order valence-electron chi connectivity index (χ1n) is 3.67. The van der Waals surface area contributed by atoms with E-state index in [4.69, 9.17) is 5.41 Å². The highest BCUT2D eigenvalue weighted by atomic mass is 14.9. The SMILES string of the molecule is C=Cc1cnc(C(=N)/C=C\C)[nH]1. The second-order valence-corrected chi connectivity index (χ2v) is 2.30. The monoisotopic (exact) mass is 161 g/mol. The molecule has 1 aromatic rings. The maximum Gasteiger partial charge on any atom is 0.155 e. The van der Waals surface area contributed by atoms with Crippen LogP contribution in [0.1, 0.15) is 18.4 Å². The van der Waals surface area contributed by atoms with Crippen molar-refractivity contribution in [3.63, 3.8) is 0 Å². The number of hydrogen-bond donors (Lipinski definition) is 2. The van der Waals surface area contributed by atoms with E-state index in [1.807, 2.05) is 6.92 Å². The lowest BCUT2D eigenvalue weighted by molar-refractivity contribution is 1.24. The van der Waals surface area contributed by atoms with E-state index in [1.165, 1.54) is 0 Å². The summed E-state index contributed by atoms with van der Waals surface area (Å²) < 4.78 is 0. The average molecular weight is 161 g/mol. The zero-order valence-corrected chi connectivity index (χ0v) is 6.96. The number of nitrogens with zero attached hydrogens (tertiary/aromatic N) is 1. The minimum absolute atomic E-state index is 0.380. The number of allylic oxidation sites excluding steroid dienone is 2. The molecule has 3 heteroatoms. The first-order chi connectivity index (χ1) is 5.77. The number of imidazole rings is 1. The predicted octanol–water partition coefficient (Wildman–Crippen LogP) is 2.00. The van der Waals surface area contributed by atoms with Crippen LogP contribution in [0, 0.1) is 5.41 Å². The van der Waals surface area contributed by atoms with Crippen LogP contribution in [0.4, 0.5) is 0 Å². The predicted molar refractivity (Wildman–Crippen MR) is 50.3 cm³/mol. The molecule has 2 N–H and O–H groups in total. The minimum atomic E-state index is 0.380. The van der Waals surface area contributed by atoms with Crippen molar-refractivity contribution in [2.45, 2.75) is 6.92 Å². The zero-order valence-electron chi connectivity index (χ0n) is 6.96. The van der Waals surface area contributed by atoms with Gasteiger partial charge in [-0.3, -0.25) is 5.41 Å². The van der Waals surface area contributed by atoms with Crippen molar-refractivity contribution in [2.75, 3.05) is 0 Å². The maximum absolute atomic E-state index is 7.50. The summed E-state index contributed by atoms with van der Waals surface area (Å²) in [5.74, 6) is 0.572. The molecule has 1 heterocycles. The number of aromatic nitrogens is 2. The van der Waals surface area contributed by atoms with Crippen LogP contribution in [-0.4, -0.2) is 15.7 Å². The van der Waals surface area contributed by atoms with E-state index in [0.717, 1.165) is 5.69 Å². The zero-order chi connectivity index (χ0) is 8.97. The van der Waals surface area contributed by atoms with Crippen molar-refractivity contribution in [2.24, 2.45) is 0 Å². The molecule has 0 saturated carbocycles. The van der Waals surface area contributed by atoms with Crippen LogP contribution in [0.3, 0.4) is 0 Å². The molecule has 1 aromatic heterocycles. The summed E-state index contributed by atoms with van der Waals surface area (Å²) in [6.07, 6.45) is 6.81. The number of H-pyrrole nitrogens is 1. The third-order valence-electron chi connectivity index (χ3n) is 1.40. The van der Waals surface area contributed by atoms with Gasteiger partial charge >= 0.3 is 0 Å². The largest absolute Gasteiger partial charge is 0.337 e. The normalized spacial score (nSPS) is 10.4. The van der Waals surface area contributed by atoms with Gasteiger partial charge in [0, 0.05) is 0 Å². The summed E-state index contributed by atoms with van der Waals surface area (Å²) in [7, 11) is 0. The summed E-state index contributed by atoms with van der Waals surface area (Å²) in [6, 6.07) is 0. The molecule has 12 heavy (non-hydrogen) atoms. The summed E-state index contributed by atoms with van der Waals surface area (Å²) in [5, 5.41) is 7.50. The molecule has 0 fully saturated rings. The van der Waals surface area contributed by atoms with E-state index >= 15 is 0 Å². The van der Waals surface area contributed by atoms with E-state index in [-0.39, 0.29) is 0 Å². The maximum atomic E-state index is 7.50. The Kier molecular flexibility index (Phi) is 2.58. The molecule has 0 aliphatic heterocycles. The second kappa shape index (κ2) is 3.67. The van der Waals surface area contributed by atoms with Crippen molar-refractivity contribution in [1.29, 1.82) is 5.41 Å². The van der Waals surface area contributed by atoms with Gasteiger partial charge in [0.1, 0.15) is 0 Å². The first-order valence-corrected chi connectivity index (χ1v) is 3.67. The van der Waals surface area contributed by atoms with Crippen LogP contribution in [0.25, 0.3) is 6.08 Å². The fraction of sp³-hybridized carbons (Fsp3) is 0.111. The Morgan fingerprint density at radius 1 is 1.75 bits per heavy atom. The number of rotatable bonds is 3. The highest BCUT2D eigenvalue weighted by molar-refractivity contribution is 6.03. The van der Waals surface area contributed by atoms with Gasteiger partial charge in [-0.25, -0.2) is 4.98 Å². The van der Waals surface area contributed by atoms with Gasteiger partial charge in [0.2, 0.25) is 0 Å².